The van der Waals surface area contributed by atoms with Crippen molar-refractivity contribution in [2.24, 2.45) is 5.92 Å². The molecule has 1 heterocycles. The Kier molecular flexibility index (Phi) is 6.34. The van der Waals surface area contributed by atoms with E-state index in [-0.39, 0.29) is 38.5 Å². The second kappa shape index (κ2) is 9.30. The molecule has 2 aliphatic rings. The standard InChI is InChI=1S/C26H24Cl2N2O4S/c1-33-23-12-9-15(13-24(23)34-2)26-18-6-3-5-17(18)19-14-16(10-11-21(19)29-26)35(31,32)30-22-8-4-7-20(27)25(22)28/h3-5,7-14,17-18,26,29-30H,6H2,1-2H3/t17-,18+,26+/m0/s1. The van der Waals surface area contributed by atoms with Crippen molar-refractivity contribution in [2.75, 3.05) is 24.3 Å². The number of allylic oxidation sites excluding steroid dienone is 2. The van der Waals surface area contributed by atoms with E-state index >= 15 is 0 Å². The molecule has 1 aliphatic carbocycles. The SMILES string of the molecule is COc1ccc([C@H]2Nc3ccc(S(=O)(=O)Nc4cccc(Cl)c4Cl)cc3[C@H]3C=CC[C@H]32)cc1OC. The van der Waals surface area contributed by atoms with Gasteiger partial charge in [0.2, 0.25) is 0 Å². The van der Waals surface area contributed by atoms with Crippen molar-refractivity contribution < 1.29 is 17.9 Å². The first-order valence-corrected chi connectivity index (χ1v) is 13.3. The second-order valence-electron chi connectivity index (χ2n) is 8.55. The summed E-state index contributed by atoms with van der Waals surface area (Å²) in [5, 5.41) is 4.07. The van der Waals surface area contributed by atoms with Crippen molar-refractivity contribution in [3.8, 4) is 11.5 Å². The highest BCUT2D eigenvalue weighted by Gasteiger charge is 2.38. The van der Waals surface area contributed by atoms with Gasteiger partial charge in [-0.15, -0.1) is 0 Å². The van der Waals surface area contributed by atoms with Gasteiger partial charge in [-0.3, -0.25) is 4.72 Å². The van der Waals surface area contributed by atoms with Crippen LogP contribution in [0.15, 0.2) is 71.6 Å². The van der Waals surface area contributed by atoms with Crippen molar-refractivity contribution >= 4 is 44.6 Å². The maximum Gasteiger partial charge on any atom is 0.261 e. The lowest BCUT2D eigenvalue weighted by molar-refractivity contribution is 0.353. The molecule has 2 N–H and O–H groups in total. The maximum absolute atomic E-state index is 13.2. The molecule has 0 saturated carbocycles. The van der Waals surface area contributed by atoms with E-state index in [9.17, 15) is 8.42 Å². The topological polar surface area (TPSA) is 76.7 Å². The first-order valence-electron chi connectivity index (χ1n) is 11.1. The highest BCUT2D eigenvalue weighted by molar-refractivity contribution is 7.92. The molecule has 0 saturated heterocycles. The number of benzene rings is 3. The van der Waals surface area contributed by atoms with Crippen LogP contribution in [0.4, 0.5) is 11.4 Å². The Morgan fingerprint density at radius 3 is 2.57 bits per heavy atom. The third-order valence-electron chi connectivity index (χ3n) is 6.61. The highest BCUT2D eigenvalue weighted by Crippen LogP contribution is 2.51. The van der Waals surface area contributed by atoms with Gasteiger partial charge in [0.1, 0.15) is 0 Å². The lowest BCUT2D eigenvalue weighted by Crippen LogP contribution is -2.29. The molecular formula is C26H24Cl2N2O4S. The summed E-state index contributed by atoms with van der Waals surface area (Å²) in [4.78, 5) is 0.165. The molecule has 0 bridgehead atoms. The number of hydrogen-bond donors (Lipinski definition) is 2. The zero-order chi connectivity index (χ0) is 24.7. The number of hydrogen-bond acceptors (Lipinski definition) is 5. The summed E-state index contributed by atoms with van der Waals surface area (Å²) in [5.74, 6) is 1.66. The molecule has 35 heavy (non-hydrogen) atoms. The van der Waals surface area contributed by atoms with Crippen molar-refractivity contribution in [1.29, 1.82) is 0 Å². The molecule has 3 atom stereocenters. The molecule has 182 valence electrons. The van der Waals surface area contributed by atoms with Crippen molar-refractivity contribution in [3.05, 3.63) is 87.9 Å². The van der Waals surface area contributed by atoms with E-state index in [1.807, 2.05) is 24.3 Å². The molecule has 3 aromatic carbocycles. The number of rotatable bonds is 6. The van der Waals surface area contributed by atoms with Crippen LogP contribution in [0, 0.1) is 5.92 Å². The van der Waals surface area contributed by atoms with Crippen LogP contribution in [0.2, 0.25) is 10.0 Å². The van der Waals surface area contributed by atoms with E-state index in [2.05, 4.69) is 22.2 Å². The van der Waals surface area contributed by atoms with Crippen LogP contribution < -0.4 is 19.5 Å². The minimum Gasteiger partial charge on any atom is -0.493 e. The van der Waals surface area contributed by atoms with Gasteiger partial charge < -0.3 is 14.8 Å². The summed E-state index contributed by atoms with van der Waals surface area (Å²) >= 11 is 12.2. The van der Waals surface area contributed by atoms with Crippen molar-refractivity contribution in [1.82, 2.24) is 0 Å². The number of fused-ring (bicyclic) bond motifs is 3. The molecule has 5 rings (SSSR count). The third kappa shape index (κ3) is 4.33. The normalized spacial score (nSPS) is 20.5. The maximum atomic E-state index is 13.2. The number of ether oxygens (including phenoxy) is 2. The molecule has 0 spiro atoms. The Hall–Kier alpha value is -2.87. The summed E-state index contributed by atoms with van der Waals surface area (Å²) in [5.41, 5.74) is 3.17. The molecule has 0 unspecified atom stereocenters. The van der Waals surface area contributed by atoms with E-state index in [4.69, 9.17) is 32.7 Å². The van der Waals surface area contributed by atoms with E-state index in [1.165, 1.54) is 0 Å². The average Bonchev–Trinajstić information content (AvgIpc) is 3.36. The molecule has 9 heteroatoms. The quantitative estimate of drug-likeness (QED) is 0.349. The average molecular weight is 531 g/mol. The van der Waals surface area contributed by atoms with Gasteiger partial charge in [0.15, 0.2) is 11.5 Å². The van der Waals surface area contributed by atoms with E-state index < -0.39 is 10.0 Å². The number of halogens is 2. The minimum absolute atomic E-state index is 0.0353. The molecular weight excluding hydrogens is 507 g/mol. The minimum atomic E-state index is -3.87. The number of methoxy groups -OCH3 is 2. The molecule has 0 fully saturated rings. The molecule has 0 amide bonds. The first kappa shape index (κ1) is 23.9. The van der Waals surface area contributed by atoms with Crippen LogP contribution in [-0.4, -0.2) is 22.6 Å². The Morgan fingerprint density at radius 2 is 1.80 bits per heavy atom. The lowest BCUT2D eigenvalue weighted by Gasteiger charge is -2.38. The van der Waals surface area contributed by atoms with Gasteiger partial charge >= 0.3 is 0 Å². The van der Waals surface area contributed by atoms with Gasteiger partial charge in [0.05, 0.1) is 40.9 Å². The van der Waals surface area contributed by atoms with Crippen molar-refractivity contribution in [2.45, 2.75) is 23.3 Å². The first-order chi connectivity index (χ1) is 16.8. The van der Waals surface area contributed by atoms with Crippen LogP contribution in [-0.2, 0) is 10.0 Å². The van der Waals surface area contributed by atoms with E-state index in [1.54, 1.807) is 44.6 Å². The smallest absolute Gasteiger partial charge is 0.261 e. The largest absolute Gasteiger partial charge is 0.493 e. The fourth-order valence-electron chi connectivity index (χ4n) is 4.90. The number of nitrogens with one attached hydrogen (secondary N) is 2. The monoisotopic (exact) mass is 530 g/mol. The fraction of sp³-hybridized carbons (Fsp3) is 0.231. The summed E-state index contributed by atoms with van der Waals surface area (Å²) in [6.07, 6.45) is 5.20. The van der Waals surface area contributed by atoms with Gasteiger partial charge in [-0.05, 0) is 65.9 Å². The fourth-order valence-corrected chi connectivity index (χ4v) is 6.41. The highest BCUT2D eigenvalue weighted by atomic mass is 35.5. The van der Waals surface area contributed by atoms with Crippen molar-refractivity contribution in [3.63, 3.8) is 0 Å². The predicted molar refractivity (Wildman–Crippen MR) is 140 cm³/mol. The molecule has 0 aromatic heterocycles. The molecule has 1 aliphatic heterocycles. The molecule has 0 radical (unpaired) electrons. The summed E-state index contributed by atoms with van der Waals surface area (Å²) < 4.78 is 39.8. The molecule has 6 nitrogen and oxygen atoms in total. The summed E-state index contributed by atoms with van der Waals surface area (Å²) in [6, 6.07) is 16.0. The third-order valence-corrected chi connectivity index (χ3v) is 8.79. The number of sulfonamides is 1. The number of anilines is 2. The van der Waals surface area contributed by atoms with Crippen LogP contribution in [0.3, 0.4) is 0 Å². The Bertz CT molecular complexity index is 1420. The zero-order valence-electron chi connectivity index (χ0n) is 19.1. The van der Waals surface area contributed by atoms with Crippen LogP contribution in [0.1, 0.15) is 29.5 Å². The predicted octanol–water partition coefficient (Wildman–Crippen LogP) is 6.64. The van der Waals surface area contributed by atoms with E-state index in [0.29, 0.717) is 11.5 Å². The van der Waals surface area contributed by atoms with Gasteiger partial charge in [0, 0.05) is 11.6 Å². The van der Waals surface area contributed by atoms with Crippen LogP contribution in [0.5, 0.6) is 11.5 Å². The Labute approximate surface area is 214 Å². The second-order valence-corrected chi connectivity index (χ2v) is 11.0. The summed E-state index contributed by atoms with van der Waals surface area (Å²) in [7, 11) is -0.634. The van der Waals surface area contributed by atoms with Gasteiger partial charge in [-0.25, -0.2) is 8.42 Å². The summed E-state index contributed by atoms with van der Waals surface area (Å²) in [6.45, 7) is 0. The lowest BCUT2D eigenvalue weighted by atomic mass is 9.77. The van der Waals surface area contributed by atoms with Crippen LogP contribution in [0.25, 0.3) is 0 Å². The Morgan fingerprint density at radius 1 is 1.00 bits per heavy atom. The Balaban J connectivity index is 1.49. The van der Waals surface area contributed by atoms with Gasteiger partial charge in [0.25, 0.3) is 10.0 Å². The molecule has 3 aromatic rings. The van der Waals surface area contributed by atoms with Gasteiger partial charge in [-0.2, -0.15) is 0 Å². The van der Waals surface area contributed by atoms with E-state index in [0.717, 1.165) is 23.2 Å². The van der Waals surface area contributed by atoms with Gasteiger partial charge in [-0.1, -0.05) is 47.5 Å². The zero-order valence-corrected chi connectivity index (χ0v) is 21.4. The van der Waals surface area contributed by atoms with Crippen LogP contribution >= 0.6 is 23.2 Å².